The van der Waals surface area contributed by atoms with Gasteiger partial charge < -0.3 is 31.6 Å². The van der Waals surface area contributed by atoms with Gasteiger partial charge in [-0.2, -0.15) is 30.4 Å². The van der Waals surface area contributed by atoms with E-state index in [-0.39, 0.29) is 138 Å². The molecule has 3 aromatic heterocycles. The molecule has 13 aliphatic rings. The molecule has 19 nitrogen and oxygen atoms in total. The first-order valence-electron chi connectivity index (χ1n) is 38.4. The zero-order valence-electron chi connectivity index (χ0n) is 63.0. The number of ether oxygens (including phenoxy) is 1. The van der Waals surface area contributed by atoms with E-state index in [1.54, 1.807) is 46.7 Å². The Balaban J connectivity index is 0.000000157. The minimum Gasteiger partial charge on any atom is -1.00 e. The van der Waals surface area contributed by atoms with Crippen molar-refractivity contribution in [2.24, 2.45) is 141 Å². The Morgan fingerprint density at radius 1 is 0.535 bits per heavy atom. The molecule has 13 fully saturated rings. The molecule has 0 amide bonds. The van der Waals surface area contributed by atoms with Crippen molar-refractivity contribution in [1.29, 1.82) is 0 Å². The van der Waals surface area contributed by atoms with Crippen molar-refractivity contribution in [1.82, 2.24) is 45.4 Å². The van der Waals surface area contributed by atoms with Crippen LogP contribution in [0.4, 0.5) is 0 Å². The number of alkyl halides is 1. The average Bonchev–Trinajstić information content (AvgIpc) is 1.54. The molecule has 3 aromatic rings. The predicted molar refractivity (Wildman–Crippen MR) is 369 cm³/mol. The normalized spacial score (nSPS) is 45.5. The molecule has 12 aliphatic carbocycles. The number of nitrogens with zero attached hydrogens (tertiary/aromatic N) is 8. The maximum Gasteiger partial charge on any atom is 1.00 e. The van der Waals surface area contributed by atoms with E-state index in [1.807, 2.05) is 20.8 Å². The summed E-state index contributed by atoms with van der Waals surface area (Å²) in [5.74, 6) is 14.4. The number of hydrogen-bond donors (Lipinski definition) is 4. The molecule has 1 saturated heterocycles. The Hall–Kier alpha value is -0.547. The van der Waals surface area contributed by atoms with E-state index in [0.29, 0.717) is 90.2 Å². The van der Waals surface area contributed by atoms with Gasteiger partial charge >= 0.3 is 109 Å². The number of aromatic amines is 1. The van der Waals surface area contributed by atoms with Crippen LogP contribution in [-0.4, -0.2) is 119 Å². The fourth-order valence-electron chi connectivity index (χ4n) is 26.6. The number of ketones is 3. The van der Waals surface area contributed by atoms with Crippen LogP contribution in [0.2, 0.25) is 0 Å². The number of fused-ring (bicyclic) bond motifs is 15. The quantitative estimate of drug-likeness (QED) is 0.0786. The van der Waals surface area contributed by atoms with Crippen LogP contribution in [-0.2, 0) is 41.9 Å². The summed E-state index contributed by atoms with van der Waals surface area (Å²) in [6.45, 7) is 21.9. The van der Waals surface area contributed by atoms with Gasteiger partial charge in [0.1, 0.15) is 18.9 Å². The third-order valence-electron chi connectivity index (χ3n) is 30.1. The minimum absolute atomic E-state index is 0. The number of rotatable bonds is 9. The summed E-state index contributed by atoms with van der Waals surface area (Å²) in [5.41, 5.74) is -0.806. The number of Topliss-reactive ketones (excluding diaryl/α,β-unsaturated/α-hetero) is 3. The Morgan fingerprint density at radius 3 is 1.27 bits per heavy atom. The van der Waals surface area contributed by atoms with Crippen LogP contribution >= 0.6 is 15.9 Å². The van der Waals surface area contributed by atoms with Gasteiger partial charge in [0.15, 0.2) is 17.7 Å². The fourth-order valence-corrected chi connectivity index (χ4v) is 27.0. The van der Waals surface area contributed by atoms with Crippen LogP contribution in [0.15, 0.2) is 37.2 Å². The Labute approximate surface area is 685 Å². The molecule has 12 saturated carbocycles. The van der Waals surface area contributed by atoms with Crippen LogP contribution in [0, 0.1) is 141 Å². The van der Waals surface area contributed by atoms with Crippen molar-refractivity contribution in [2.45, 2.75) is 265 Å². The van der Waals surface area contributed by atoms with Gasteiger partial charge in [-0.25, -0.2) is 9.48 Å². The first-order chi connectivity index (χ1) is 46.2. The molecule has 4 N–H and O–H groups in total. The van der Waals surface area contributed by atoms with Gasteiger partial charge in [0.25, 0.3) is 0 Å². The van der Waals surface area contributed by atoms with Crippen molar-refractivity contribution < 1.29 is 154 Å². The van der Waals surface area contributed by atoms with Crippen molar-refractivity contribution >= 4 is 39.2 Å². The van der Waals surface area contributed by atoms with Crippen molar-refractivity contribution in [3.8, 4) is 0 Å². The van der Waals surface area contributed by atoms with Gasteiger partial charge in [0, 0.05) is 30.6 Å². The van der Waals surface area contributed by atoms with Crippen molar-refractivity contribution in [3.05, 3.63) is 37.2 Å². The van der Waals surface area contributed by atoms with Crippen LogP contribution < -0.4 is 108 Å². The second-order valence-electron chi connectivity index (χ2n) is 36.0. The van der Waals surface area contributed by atoms with E-state index in [1.165, 1.54) is 96.3 Å². The van der Waals surface area contributed by atoms with Crippen molar-refractivity contribution in [2.75, 3.05) is 11.9 Å². The minimum atomic E-state index is -0.799. The average molecular weight is 1490 g/mol. The number of hydrogen-bond acceptors (Lipinski definition) is 16. The zero-order valence-corrected chi connectivity index (χ0v) is 69.9. The van der Waals surface area contributed by atoms with Crippen LogP contribution in [0.25, 0.3) is 0 Å². The topological polar surface area (TPSA) is 273 Å². The monoisotopic (exact) mass is 1490 g/mol. The van der Waals surface area contributed by atoms with Gasteiger partial charge in [0.05, 0.1) is 53.1 Å². The molecule has 0 radical (unpaired) electrons. The zero-order chi connectivity index (χ0) is 69.0. The number of carbonyl (C=O) groups excluding carboxylic acids is 4. The van der Waals surface area contributed by atoms with Crippen LogP contribution in [0.5, 0.6) is 0 Å². The predicted octanol–water partition coefficient (Wildman–Crippen LogP) is 6.35. The molecule has 99 heavy (non-hydrogen) atoms. The van der Waals surface area contributed by atoms with Crippen LogP contribution in [0.3, 0.4) is 0 Å². The van der Waals surface area contributed by atoms with E-state index in [0.717, 1.165) is 129 Å². The number of aromatic nitrogens is 9. The van der Waals surface area contributed by atoms with E-state index in [4.69, 9.17) is 4.74 Å². The molecular weight excluding hydrogens is 1370 g/mol. The van der Waals surface area contributed by atoms with E-state index < -0.39 is 28.9 Å². The number of carbonyl (C=O) groups is 4. The van der Waals surface area contributed by atoms with Gasteiger partial charge in [-0.05, 0) is 310 Å². The molecule has 4 heterocycles. The standard InChI is InChI=1S/2C24H37N3O2.C22H35BrO2.C5H8O4.C2H3N3.2K.H/c1-15-12-20(21(28)14-27-11-10-25-26-27)24(3)9-7-18-17-6-8-23(2,29)13-16(17)4-5-19(18)22(15)24;1-15-12-20(21(28)14-27-25-10-11-26-27)24(3)9-7-18-17-6-8-23(2,29)13-16(17)4-5-19(18)22(15)24;1-13-10-18(19(24)12-23)22(3)9-7-16-15-6-8-21(2,25)11-14(15)4-5-17(16)20(13)22;6-5(9-7)4-2-1-3-8-4;1-2-4-5-3-1;;;/h2*10-11,15-20,22,29H,4-9,12-14H2,1-3H3;13-18,20,25H,4-12H2,1-3H3;4,7H,1-3H2;1-2H,(H,3,4,5);;;/q;;;;;2*+1;-1/p-1/t2*15-,16-,17+,18-,19-,20-,22+,23-,24-;13-,14-,15+,16-,17-,18-,20+,21-,22-;;;;;/m111...../s1. The van der Waals surface area contributed by atoms with Gasteiger partial charge in [-0.1, -0.05) is 62.7 Å². The molecule has 0 bridgehead atoms. The maximum absolute atomic E-state index is 13.3. The first kappa shape index (κ1) is 81.0. The summed E-state index contributed by atoms with van der Waals surface area (Å²) in [5, 5.41) is 67.3. The Morgan fingerprint density at radius 2 is 0.929 bits per heavy atom. The number of H-pyrrole nitrogens is 1. The smallest absolute Gasteiger partial charge is 1.00 e. The third-order valence-corrected chi connectivity index (χ3v) is 30.7. The molecule has 28 atom stereocenters. The van der Waals surface area contributed by atoms with Crippen LogP contribution in [0.1, 0.15) is 231 Å². The summed E-state index contributed by atoms with van der Waals surface area (Å²) >= 11 is 3.44. The summed E-state index contributed by atoms with van der Waals surface area (Å²) in [7, 11) is 0. The number of nitrogens with one attached hydrogen (secondary N) is 1. The summed E-state index contributed by atoms with van der Waals surface area (Å²) < 4.78 is 6.52. The molecule has 22 heteroatoms. The first-order valence-corrected chi connectivity index (χ1v) is 39.5. The number of aliphatic hydroxyl groups is 3. The molecule has 16 rings (SSSR count). The third kappa shape index (κ3) is 17.2. The summed E-state index contributed by atoms with van der Waals surface area (Å²) in [6, 6.07) is 0. The Bertz CT molecular complexity index is 2980. The SMILES string of the molecule is C[C@@H]1C[C@H](C(=O)CBr)[C@@]2(C)CC[C@H]3[C@@H](CC[C@@H]4C[C@](C)(O)CC[C@@H]43)[C@H]12.C[C@@H]1C[C@H](C(=O)Cn2ccnn2)[C@@]2(C)CC[C@H]3[C@@H](CC[C@@H]4C[C@](C)(O)CC[C@@H]43)[C@H]12.C[C@@H]1C[C@H](C(=O)Cn2nccn2)[C@@]2(C)CC[C@H]3[C@@H](CC[C@@H]4C[C@](C)(O)CC[C@@H]43)[C@H]12.O=C(O[O-])C1CCCO1.[H-].[K+].[K+].c1cn[nH]n1. The summed E-state index contributed by atoms with van der Waals surface area (Å²) in [4.78, 5) is 54.2. The molecule has 1 unspecified atom stereocenters. The fraction of sp³-hybridized carbons (Fsp3) is 0.870. The Kier molecular flexibility index (Phi) is 27.4. The molecular formula is C77H120BrK2N9O10. The largest absolute Gasteiger partial charge is 1.00 e. The van der Waals surface area contributed by atoms with Gasteiger partial charge in [-0.15, -0.1) is 5.10 Å². The second kappa shape index (κ2) is 33.5. The molecule has 1 aliphatic heterocycles. The van der Waals surface area contributed by atoms with Gasteiger partial charge in [-0.3, -0.25) is 14.4 Å². The van der Waals surface area contributed by atoms with E-state index >= 15 is 0 Å². The molecule has 0 aromatic carbocycles. The van der Waals surface area contributed by atoms with Gasteiger partial charge in [0.2, 0.25) is 0 Å². The molecule has 542 valence electrons. The van der Waals surface area contributed by atoms with E-state index in [2.05, 4.69) is 98.3 Å². The number of halogens is 1. The van der Waals surface area contributed by atoms with E-state index in [9.17, 15) is 39.8 Å². The second-order valence-corrected chi connectivity index (χ2v) is 36.5. The maximum atomic E-state index is 13.3. The van der Waals surface area contributed by atoms with Crippen molar-refractivity contribution in [3.63, 3.8) is 0 Å². The molecule has 0 spiro atoms. The summed E-state index contributed by atoms with van der Waals surface area (Å²) in [6.07, 6.45) is 38.8.